The minimum atomic E-state index is -0.0757. The smallest absolute Gasteiger partial charge is 0.270 e. The van der Waals surface area contributed by atoms with Crippen LogP contribution < -0.4 is 5.32 Å². The van der Waals surface area contributed by atoms with Gasteiger partial charge in [0.25, 0.3) is 5.91 Å². The second-order valence-corrected chi connectivity index (χ2v) is 4.90. The molecule has 0 radical (unpaired) electrons. The molecule has 1 N–H and O–H groups in total. The SMILES string of the molecule is CC1CC(NC(=O)c2cccc(Br)n2)C1. The van der Waals surface area contributed by atoms with E-state index in [2.05, 4.69) is 33.2 Å². The largest absolute Gasteiger partial charge is 0.348 e. The third kappa shape index (κ3) is 2.56. The van der Waals surface area contributed by atoms with Gasteiger partial charge in [-0.05, 0) is 46.8 Å². The van der Waals surface area contributed by atoms with Crippen molar-refractivity contribution in [1.82, 2.24) is 10.3 Å². The van der Waals surface area contributed by atoms with E-state index in [9.17, 15) is 4.79 Å². The molecule has 1 aliphatic carbocycles. The van der Waals surface area contributed by atoms with Crippen molar-refractivity contribution in [3.63, 3.8) is 0 Å². The first-order chi connectivity index (χ1) is 7.15. The molecule has 0 bridgehead atoms. The Morgan fingerprint density at radius 2 is 2.27 bits per heavy atom. The molecule has 80 valence electrons. The standard InChI is InChI=1S/C11H13BrN2O/c1-7-5-8(6-7)13-11(15)9-3-2-4-10(12)14-9/h2-4,7-8H,5-6H2,1H3,(H,13,15). The highest BCUT2D eigenvalue weighted by Gasteiger charge is 2.27. The first-order valence-electron chi connectivity index (χ1n) is 5.08. The average molecular weight is 269 g/mol. The monoisotopic (exact) mass is 268 g/mol. The van der Waals surface area contributed by atoms with Gasteiger partial charge in [-0.2, -0.15) is 0 Å². The third-order valence-corrected chi connectivity index (χ3v) is 3.10. The molecule has 0 aromatic carbocycles. The fourth-order valence-corrected chi connectivity index (χ4v) is 2.16. The fraction of sp³-hybridized carbons (Fsp3) is 0.455. The van der Waals surface area contributed by atoms with Crippen molar-refractivity contribution in [2.24, 2.45) is 5.92 Å². The summed E-state index contributed by atoms with van der Waals surface area (Å²) in [7, 11) is 0. The molecule has 1 aliphatic rings. The molecule has 2 rings (SSSR count). The van der Waals surface area contributed by atoms with E-state index in [0.717, 1.165) is 18.8 Å². The summed E-state index contributed by atoms with van der Waals surface area (Å²) in [4.78, 5) is 15.8. The maximum atomic E-state index is 11.7. The summed E-state index contributed by atoms with van der Waals surface area (Å²) in [5.41, 5.74) is 0.476. The Hall–Kier alpha value is -0.900. The van der Waals surface area contributed by atoms with Gasteiger partial charge in [0.15, 0.2) is 0 Å². The number of halogens is 1. The van der Waals surface area contributed by atoms with Crippen LogP contribution in [-0.4, -0.2) is 16.9 Å². The molecule has 0 saturated heterocycles. The summed E-state index contributed by atoms with van der Waals surface area (Å²) in [6, 6.07) is 5.69. The second-order valence-electron chi connectivity index (χ2n) is 4.09. The average Bonchev–Trinajstić information content (AvgIpc) is 2.15. The van der Waals surface area contributed by atoms with Gasteiger partial charge in [0.1, 0.15) is 10.3 Å². The van der Waals surface area contributed by atoms with Crippen LogP contribution >= 0.6 is 15.9 Å². The van der Waals surface area contributed by atoms with Crippen LogP contribution in [0.1, 0.15) is 30.3 Å². The van der Waals surface area contributed by atoms with Crippen LogP contribution in [0.25, 0.3) is 0 Å². The summed E-state index contributed by atoms with van der Waals surface area (Å²) in [5, 5.41) is 2.97. The van der Waals surface area contributed by atoms with E-state index in [1.54, 1.807) is 6.07 Å². The van der Waals surface area contributed by atoms with Crippen molar-refractivity contribution in [2.75, 3.05) is 0 Å². The number of carbonyl (C=O) groups is 1. The zero-order valence-electron chi connectivity index (χ0n) is 8.53. The lowest BCUT2D eigenvalue weighted by molar-refractivity contribution is 0.0891. The van der Waals surface area contributed by atoms with Gasteiger partial charge >= 0.3 is 0 Å². The van der Waals surface area contributed by atoms with Gasteiger partial charge in [-0.1, -0.05) is 13.0 Å². The maximum absolute atomic E-state index is 11.7. The fourth-order valence-electron chi connectivity index (χ4n) is 1.81. The quantitative estimate of drug-likeness (QED) is 0.837. The third-order valence-electron chi connectivity index (χ3n) is 2.66. The van der Waals surface area contributed by atoms with Gasteiger partial charge in [0, 0.05) is 6.04 Å². The first kappa shape index (κ1) is 10.6. The Balaban J connectivity index is 1.96. The lowest BCUT2D eigenvalue weighted by atomic mass is 9.82. The summed E-state index contributed by atoms with van der Waals surface area (Å²) in [5.74, 6) is 0.666. The topological polar surface area (TPSA) is 42.0 Å². The molecule has 1 aromatic rings. The van der Waals surface area contributed by atoms with Gasteiger partial charge in [-0.25, -0.2) is 4.98 Å². The van der Waals surface area contributed by atoms with E-state index < -0.39 is 0 Å². The molecule has 1 heterocycles. The van der Waals surface area contributed by atoms with Crippen molar-refractivity contribution >= 4 is 21.8 Å². The number of nitrogens with zero attached hydrogens (tertiary/aromatic N) is 1. The summed E-state index contributed by atoms with van der Waals surface area (Å²) in [6.07, 6.45) is 2.17. The number of aromatic nitrogens is 1. The van der Waals surface area contributed by atoms with E-state index >= 15 is 0 Å². The van der Waals surface area contributed by atoms with Crippen LogP contribution in [0.4, 0.5) is 0 Å². The molecule has 0 unspecified atom stereocenters. The summed E-state index contributed by atoms with van der Waals surface area (Å²) < 4.78 is 0.692. The number of hydrogen-bond acceptors (Lipinski definition) is 2. The Morgan fingerprint density at radius 1 is 1.53 bits per heavy atom. The van der Waals surface area contributed by atoms with Crippen LogP contribution in [-0.2, 0) is 0 Å². The van der Waals surface area contributed by atoms with Crippen LogP contribution in [0.2, 0.25) is 0 Å². The molecule has 4 heteroatoms. The van der Waals surface area contributed by atoms with Crippen LogP contribution in [0, 0.1) is 5.92 Å². The van der Waals surface area contributed by atoms with E-state index in [1.165, 1.54) is 0 Å². The number of amides is 1. The minimum Gasteiger partial charge on any atom is -0.348 e. The van der Waals surface area contributed by atoms with Gasteiger partial charge in [0.2, 0.25) is 0 Å². The van der Waals surface area contributed by atoms with Gasteiger partial charge in [0.05, 0.1) is 0 Å². The number of pyridine rings is 1. The van der Waals surface area contributed by atoms with E-state index in [4.69, 9.17) is 0 Å². The minimum absolute atomic E-state index is 0.0757. The Bertz CT molecular complexity index is 375. The lowest BCUT2D eigenvalue weighted by Gasteiger charge is -2.33. The normalized spacial score (nSPS) is 24.4. The lowest BCUT2D eigenvalue weighted by Crippen LogP contribution is -2.43. The predicted molar refractivity (Wildman–Crippen MR) is 61.6 cm³/mol. The van der Waals surface area contributed by atoms with E-state index in [0.29, 0.717) is 16.3 Å². The molecule has 1 amide bonds. The second kappa shape index (κ2) is 4.31. The van der Waals surface area contributed by atoms with E-state index in [1.807, 2.05) is 12.1 Å². The highest BCUT2D eigenvalue weighted by molar-refractivity contribution is 9.10. The van der Waals surface area contributed by atoms with Gasteiger partial charge < -0.3 is 5.32 Å². The molecule has 1 saturated carbocycles. The van der Waals surface area contributed by atoms with Crippen molar-refractivity contribution in [2.45, 2.75) is 25.8 Å². The van der Waals surface area contributed by atoms with Crippen molar-refractivity contribution in [3.8, 4) is 0 Å². The molecule has 1 fully saturated rings. The number of rotatable bonds is 2. The Morgan fingerprint density at radius 3 is 2.87 bits per heavy atom. The zero-order valence-corrected chi connectivity index (χ0v) is 10.1. The Kier molecular flexibility index (Phi) is 3.05. The predicted octanol–water partition coefficient (Wildman–Crippen LogP) is 2.37. The van der Waals surface area contributed by atoms with Gasteiger partial charge in [-0.15, -0.1) is 0 Å². The highest BCUT2D eigenvalue weighted by Crippen LogP contribution is 2.26. The van der Waals surface area contributed by atoms with Crippen molar-refractivity contribution in [3.05, 3.63) is 28.5 Å². The summed E-state index contributed by atoms with van der Waals surface area (Å²) >= 11 is 3.25. The maximum Gasteiger partial charge on any atom is 0.270 e. The molecule has 1 aromatic heterocycles. The molecule has 0 aliphatic heterocycles. The number of hydrogen-bond donors (Lipinski definition) is 1. The van der Waals surface area contributed by atoms with Crippen LogP contribution in [0.3, 0.4) is 0 Å². The summed E-state index contributed by atoms with van der Waals surface area (Å²) in [6.45, 7) is 2.19. The number of nitrogens with one attached hydrogen (secondary N) is 1. The van der Waals surface area contributed by atoms with E-state index in [-0.39, 0.29) is 5.91 Å². The zero-order chi connectivity index (χ0) is 10.8. The highest BCUT2D eigenvalue weighted by atomic mass is 79.9. The van der Waals surface area contributed by atoms with Crippen molar-refractivity contribution < 1.29 is 4.79 Å². The molecule has 0 atom stereocenters. The van der Waals surface area contributed by atoms with Crippen molar-refractivity contribution in [1.29, 1.82) is 0 Å². The van der Waals surface area contributed by atoms with Crippen LogP contribution in [0.5, 0.6) is 0 Å². The Labute approximate surface area is 97.4 Å². The first-order valence-corrected chi connectivity index (χ1v) is 5.88. The van der Waals surface area contributed by atoms with Gasteiger partial charge in [-0.3, -0.25) is 4.79 Å². The molecular weight excluding hydrogens is 256 g/mol. The molecule has 0 spiro atoms. The molecular formula is C11H13BrN2O. The molecule has 15 heavy (non-hydrogen) atoms. The molecule has 3 nitrogen and oxygen atoms in total. The van der Waals surface area contributed by atoms with Crippen LogP contribution in [0.15, 0.2) is 22.8 Å². The number of carbonyl (C=O) groups excluding carboxylic acids is 1.